The number of hydrogen-bond acceptors (Lipinski definition) is 6. The summed E-state index contributed by atoms with van der Waals surface area (Å²) in [6, 6.07) is 18.1. The highest BCUT2D eigenvalue weighted by Crippen LogP contribution is 2.27. The van der Waals surface area contributed by atoms with Gasteiger partial charge < -0.3 is 10.1 Å². The van der Waals surface area contributed by atoms with Crippen molar-refractivity contribution < 1.29 is 9.53 Å². The molecule has 0 spiro atoms. The first kappa shape index (κ1) is 20.1. The summed E-state index contributed by atoms with van der Waals surface area (Å²) in [5.74, 6) is 0.994. The second-order valence-electron chi connectivity index (χ2n) is 7.28. The van der Waals surface area contributed by atoms with Gasteiger partial charge in [0.15, 0.2) is 0 Å². The van der Waals surface area contributed by atoms with Crippen LogP contribution in [0.2, 0.25) is 0 Å². The number of nitrogens with one attached hydrogen (secondary N) is 1. The van der Waals surface area contributed by atoms with Crippen molar-refractivity contribution in [2.45, 2.75) is 0 Å². The quantitative estimate of drug-likeness (QED) is 0.429. The lowest BCUT2D eigenvalue weighted by Gasteiger charge is -2.10. The first-order chi connectivity index (χ1) is 16.1. The Hall–Kier alpha value is -4.79. The number of nitrogens with zero attached hydrogens (tertiary/aromatic N) is 6. The minimum Gasteiger partial charge on any atom is -0.457 e. The summed E-state index contributed by atoms with van der Waals surface area (Å²) in [5.41, 5.74) is 3.60. The third kappa shape index (κ3) is 4.62. The van der Waals surface area contributed by atoms with Crippen LogP contribution in [0.15, 0.2) is 91.9 Å². The Bertz CT molecular complexity index is 1410. The van der Waals surface area contributed by atoms with Gasteiger partial charge in [-0.25, -0.2) is 0 Å². The van der Waals surface area contributed by atoms with Crippen LogP contribution in [0.4, 0.5) is 5.69 Å². The number of anilines is 1. The number of aryl methyl sites for hydroxylation is 1. The molecule has 1 N–H and O–H groups in total. The van der Waals surface area contributed by atoms with Crippen LogP contribution in [0.1, 0.15) is 10.4 Å². The lowest BCUT2D eigenvalue weighted by molar-refractivity contribution is 0.102. The molecule has 9 nitrogen and oxygen atoms in total. The average Bonchev–Trinajstić information content (AvgIpc) is 3.52. The van der Waals surface area contributed by atoms with Crippen molar-refractivity contribution in [3.8, 4) is 28.4 Å². The maximum Gasteiger partial charge on any atom is 0.255 e. The van der Waals surface area contributed by atoms with Crippen LogP contribution in [-0.2, 0) is 7.05 Å². The molecule has 0 radical (unpaired) electrons. The first-order valence-electron chi connectivity index (χ1n) is 10.1. The van der Waals surface area contributed by atoms with Crippen LogP contribution in [0.3, 0.4) is 0 Å². The molecule has 0 saturated heterocycles. The highest BCUT2D eigenvalue weighted by molar-refractivity contribution is 6.04. The molecular formula is C24H19N7O2. The summed E-state index contributed by atoms with van der Waals surface area (Å²) < 4.78 is 9.46. The first-order valence-corrected chi connectivity index (χ1v) is 10.1. The van der Waals surface area contributed by atoms with Crippen molar-refractivity contribution in [1.82, 2.24) is 29.5 Å². The molecule has 1 amide bonds. The molecule has 0 aliphatic heterocycles. The van der Waals surface area contributed by atoms with Crippen molar-refractivity contribution in [3.63, 3.8) is 0 Å². The van der Waals surface area contributed by atoms with Crippen LogP contribution in [-0.4, -0.2) is 35.4 Å². The molecule has 9 heteroatoms. The zero-order valence-electron chi connectivity index (χ0n) is 17.7. The van der Waals surface area contributed by atoms with E-state index in [1.165, 1.54) is 0 Å². The van der Waals surface area contributed by atoms with Crippen molar-refractivity contribution >= 4 is 11.6 Å². The van der Waals surface area contributed by atoms with Gasteiger partial charge in [-0.1, -0.05) is 12.1 Å². The summed E-state index contributed by atoms with van der Waals surface area (Å²) in [7, 11) is 1.86. The van der Waals surface area contributed by atoms with Crippen LogP contribution < -0.4 is 10.1 Å². The molecule has 5 aromatic rings. The Kier molecular flexibility index (Phi) is 5.34. The van der Waals surface area contributed by atoms with Gasteiger partial charge in [0.05, 0.1) is 11.9 Å². The topological polar surface area (TPSA) is 99.8 Å². The second kappa shape index (κ2) is 8.75. The van der Waals surface area contributed by atoms with Crippen molar-refractivity contribution in [2.75, 3.05) is 5.32 Å². The van der Waals surface area contributed by atoms with Gasteiger partial charge in [-0.15, -0.1) is 10.2 Å². The Morgan fingerprint density at radius 3 is 2.61 bits per heavy atom. The summed E-state index contributed by atoms with van der Waals surface area (Å²) in [5, 5.41) is 14.7. The highest BCUT2D eigenvalue weighted by atomic mass is 16.5. The van der Waals surface area contributed by atoms with Crippen LogP contribution in [0, 0.1) is 0 Å². The van der Waals surface area contributed by atoms with Gasteiger partial charge in [-0.05, 0) is 36.4 Å². The fourth-order valence-electron chi connectivity index (χ4n) is 3.30. The molecule has 3 aromatic heterocycles. The van der Waals surface area contributed by atoms with Gasteiger partial charge in [0.25, 0.3) is 5.91 Å². The van der Waals surface area contributed by atoms with E-state index in [9.17, 15) is 4.79 Å². The van der Waals surface area contributed by atoms with Crippen LogP contribution >= 0.6 is 0 Å². The van der Waals surface area contributed by atoms with Crippen molar-refractivity contribution in [1.29, 1.82) is 0 Å². The van der Waals surface area contributed by atoms with Crippen LogP contribution in [0.25, 0.3) is 16.9 Å². The van der Waals surface area contributed by atoms with Crippen molar-refractivity contribution in [2.24, 2.45) is 7.05 Å². The summed E-state index contributed by atoms with van der Waals surface area (Å²) in [4.78, 5) is 17.2. The number of benzene rings is 2. The van der Waals surface area contributed by atoms with E-state index >= 15 is 0 Å². The molecule has 0 aliphatic carbocycles. The van der Waals surface area contributed by atoms with E-state index in [-0.39, 0.29) is 5.91 Å². The lowest BCUT2D eigenvalue weighted by atomic mass is 10.2. The third-order valence-electron chi connectivity index (χ3n) is 4.88. The molecule has 33 heavy (non-hydrogen) atoms. The Morgan fingerprint density at radius 2 is 1.79 bits per heavy atom. The number of carbonyl (C=O) groups is 1. The number of pyridine rings is 1. The molecule has 0 aliphatic rings. The predicted molar refractivity (Wildman–Crippen MR) is 122 cm³/mol. The molecule has 0 fully saturated rings. The number of hydrogen-bond donors (Lipinski definition) is 1. The fraction of sp³-hybridized carbons (Fsp3) is 0.0417. The Balaban J connectivity index is 1.31. The Labute approximate surface area is 189 Å². The number of rotatable bonds is 6. The van der Waals surface area contributed by atoms with E-state index in [4.69, 9.17) is 4.74 Å². The largest absolute Gasteiger partial charge is 0.457 e. The normalized spacial score (nSPS) is 10.7. The van der Waals surface area contributed by atoms with Gasteiger partial charge in [-0.2, -0.15) is 5.10 Å². The maximum absolute atomic E-state index is 12.8. The van der Waals surface area contributed by atoms with E-state index < -0.39 is 0 Å². The van der Waals surface area contributed by atoms with Gasteiger partial charge in [0.2, 0.25) is 0 Å². The third-order valence-corrected chi connectivity index (χ3v) is 4.88. The predicted octanol–water partition coefficient (Wildman–Crippen LogP) is 4.11. The van der Waals surface area contributed by atoms with E-state index in [1.54, 1.807) is 58.6 Å². The smallest absolute Gasteiger partial charge is 0.255 e. The molecule has 2 aromatic carbocycles. The average molecular weight is 437 g/mol. The molecule has 0 bridgehead atoms. The summed E-state index contributed by atoms with van der Waals surface area (Å²) in [6.07, 6.45) is 8.49. The van der Waals surface area contributed by atoms with E-state index in [2.05, 4.69) is 25.6 Å². The standard InChI is InChI=1S/C24H19N7O2/c1-30-14-18(13-28-30)23-12-22(8-9-25-23)33-21-7-3-5-19(11-21)29-24(32)17-4-2-6-20(10-17)31-15-26-27-16-31/h2-16H,1H3,(H,29,32). The molecule has 162 valence electrons. The molecule has 0 atom stereocenters. The van der Waals surface area contributed by atoms with E-state index in [0.717, 1.165) is 16.9 Å². The molecule has 3 heterocycles. The molecule has 0 saturated carbocycles. The zero-order valence-corrected chi connectivity index (χ0v) is 17.7. The molecule has 5 rings (SSSR count). The Morgan fingerprint density at radius 1 is 0.970 bits per heavy atom. The summed E-state index contributed by atoms with van der Waals surface area (Å²) >= 11 is 0. The second-order valence-corrected chi connectivity index (χ2v) is 7.28. The zero-order chi connectivity index (χ0) is 22.6. The number of ether oxygens (including phenoxy) is 1. The van der Waals surface area contributed by atoms with Crippen molar-refractivity contribution in [3.05, 3.63) is 97.5 Å². The number of amides is 1. The lowest BCUT2D eigenvalue weighted by Crippen LogP contribution is -2.12. The number of aromatic nitrogens is 6. The van der Waals surface area contributed by atoms with E-state index in [1.807, 2.05) is 49.6 Å². The summed E-state index contributed by atoms with van der Waals surface area (Å²) in [6.45, 7) is 0. The minimum atomic E-state index is -0.232. The minimum absolute atomic E-state index is 0.232. The maximum atomic E-state index is 12.8. The number of carbonyl (C=O) groups excluding carboxylic acids is 1. The monoisotopic (exact) mass is 437 g/mol. The molecular weight excluding hydrogens is 418 g/mol. The molecule has 0 unspecified atom stereocenters. The van der Waals surface area contributed by atoms with E-state index in [0.29, 0.717) is 22.7 Å². The van der Waals surface area contributed by atoms with Gasteiger partial charge in [-0.3, -0.25) is 19.0 Å². The van der Waals surface area contributed by atoms with Gasteiger partial charge >= 0.3 is 0 Å². The van der Waals surface area contributed by atoms with Gasteiger partial charge in [0, 0.05) is 54.1 Å². The van der Waals surface area contributed by atoms with Crippen LogP contribution in [0.5, 0.6) is 11.5 Å². The SMILES string of the molecule is Cn1cc(-c2cc(Oc3cccc(NC(=O)c4cccc(-n5cnnc5)c4)c3)ccn2)cn1. The highest BCUT2D eigenvalue weighted by Gasteiger charge is 2.09. The van der Waals surface area contributed by atoms with Gasteiger partial charge in [0.1, 0.15) is 24.2 Å². The fourth-order valence-corrected chi connectivity index (χ4v) is 3.30.